The summed E-state index contributed by atoms with van der Waals surface area (Å²) in [6, 6.07) is -1.63. The molecular weight excluding hydrogens is 234 g/mol. The first-order valence-corrected chi connectivity index (χ1v) is 4.30. The molecule has 0 aliphatic heterocycles. The number of hydrogen-bond donors (Lipinski definition) is 2. The van der Waals surface area contributed by atoms with Gasteiger partial charge in [-0.2, -0.15) is 8.78 Å². The van der Waals surface area contributed by atoms with Gasteiger partial charge < -0.3 is 10.4 Å². The van der Waals surface area contributed by atoms with Crippen molar-refractivity contribution in [3.63, 3.8) is 0 Å². The summed E-state index contributed by atoms with van der Waals surface area (Å²) in [7, 11) is 0. The van der Waals surface area contributed by atoms with E-state index >= 15 is 0 Å². The molecule has 8 heteroatoms. The van der Waals surface area contributed by atoms with Crippen LogP contribution in [0.4, 0.5) is 17.6 Å². The van der Waals surface area contributed by atoms with Crippen molar-refractivity contribution in [2.45, 2.75) is 32.2 Å². The van der Waals surface area contributed by atoms with Gasteiger partial charge in [0.15, 0.2) is 0 Å². The highest BCUT2D eigenvalue weighted by atomic mass is 19.3. The van der Waals surface area contributed by atoms with Gasteiger partial charge in [-0.15, -0.1) is 0 Å². The molecule has 0 aromatic carbocycles. The van der Waals surface area contributed by atoms with Crippen molar-refractivity contribution < 1.29 is 32.3 Å². The number of aliphatic carboxylic acids is 1. The number of halogens is 4. The second-order valence-electron chi connectivity index (χ2n) is 3.46. The molecule has 0 saturated heterocycles. The minimum Gasteiger partial charge on any atom is -0.480 e. The maximum Gasteiger partial charge on any atom is 0.383 e. The Morgan fingerprint density at radius 3 is 1.94 bits per heavy atom. The number of carboxylic acids is 1. The van der Waals surface area contributed by atoms with Gasteiger partial charge in [0, 0.05) is 0 Å². The third-order valence-corrected chi connectivity index (χ3v) is 1.80. The van der Waals surface area contributed by atoms with Gasteiger partial charge in [-0.3, -0.25) is 4.79 Å². The van der Waals surface area contributed by atoms with Crippen LogP contribution in [0.2, 0.25) is 0 Å². The average molecular weight is 245 g/mol. The molecule has 0 fully saturated rings. The Hall–Kier alpha value is -1.34. The predicted molar refractivity (Wildman–Crippen MR) is 45.4 cm³/mol. The highest BCUT2D eigenvalue weighted by Gasteiger charge is 2.50. The largest absolute Gasteiger partial charge is 0.480 e. The quantitative estimate of drug-likeness (QED) is 0.713. The van der Waals surface area contributed by atoms with Crippen molar-refractivity contribution in [3.8, 4) is 0 Å². The first-order valence-electron chi connectivity index (χ1n) is 4.30. The summed E-state index contributed by atoms with van der Waals surface area (Å²) in [4.78, 5) is 21.2. The summed E-state index contributed by atoms with van der Waals surface area (Å²) in [5, 5.41) is 9.92. The molecule has 1 amide bonds. The number of hydrogen-bond acceptors (Lipinski definition) is 2. The Balaban J connectivity index is 4.72. The van der Waals surface area contributed by atoms with Gasteiger partial charge >= 0.3 is 18.3 Å². The molecule has 0 aliphatic carbocycles. The van der Waals surface area contributed by atoms with Crippen LogP contribution in [0.3, 0.4) is 0 Å². The lowest BCUT2D eigenvalue weighted by Crippen LogP contribution is -2.53. The van der Waals surface area contributed by atoms with E-state index < -0.39 is 36.2 Å². The van der Waals surface area contributed by atoms with Gasteiger partial charge in [0.2, 0.25) is 0 Å². The molecule has 94 valence electrons. The number of carboxylic acid groups (broad SMARTS) is 1. The molecule has 16 heavy (non-hydrogen) atoms. The van der Waals surface area contributed by atoms with Gasteiger partial charge in [0.1, 0.15) is 6.04 Å². The molecule has 0 aromatic rings. The summed E-state index contributed by atoms with van der Waals surface area (Å²) in [5.74, 6) is -9.44. The topological polar surface area (TPSA) is 66.4 Å². The van der Waals surface area contributed by atoms with Crippen LogP contribution in [-0.2, 0) is 9.59 Å². The van der Waals surface area contributed by atoms with Gasteiger partial charge in [-0.25, -0.2) is 13.6 Å². The first kappa shape index (κ1) is 14.7. The lowest BCUT2D eigenvalue weighted by molar-refractivity contribution is -0.172. The molecule has 0 heterocycles. The molecule has 0 bridgehead atoms. The van der Waals surface area contributed by atoms with Gasteiger partial charge in [0.25, 0.3) is 5.91 Å². The number of rotatable bonds is 5. The summed E-state index contributed by atoms with van der Waals surface area (Å²) in [5.41, 5.74) is 0. The molecule has 0 spiro atoms. The molecule has 2 N–H and O–H groups in total. The van der Waals surface area contributed by atoms with Crippen LogP contribution in [0, 0.1) is 5.92 Å². The van der Waals surface area contributed by atoms with Crippen molar-refractivity contribution in [1.29, 1.82) is 0 Å². The minimum absolute atomic E-state index is 0.699. The highest BCUT2D eigenvalue weighted by molar-refractivity contribution is 5.88. The number of alkyl halides is 4. The lowest BCUT2D eigenvalue weighted by atomic mass is 10.0. The van der Waals surface area contributed by atoms with E-state index in [4.69, 9.17) is 5.11 Å². The fourth-order valence-corrected chi connectivity index (χ4v) is 0.850. The van der Waals surface area contributed by atoms with Crippen molar-refractivity contribution in [3.05, 3.63) is 0 Å². The van der Waals surface area contributed by atoms with E-state index in [1.807, 2.05) is 0 Å². The lowest BCUT2D eigenvalue weighted by Gasteiger charge is -2.21. The molecule has 0 rings (SSSR count). The van der Waals surface area contributed by atoms with Crippen molar-refractivity contribution in [2.75, 3.05) is 0 Å². The summed E-state index contributed by atoms with van der Waals surface area (Å²) < 4.78 is 48.5. The predicted octanol–water partition coefficient (Wildman–Crippen LogP) is 1.11. The van der Waals surface area contributed by atoms with E-state index in [0.717, 1.165) is 0 Å². The maximum atomic E-state index is 12.5. The van der Waals surface area contributed by atoms with Crippen LogP contribution in [-0.4, -0.2) is 35.4 Å². The molecule has 0 saturated carbocycles. The smallest absolute Gasteiger partial charge is 0.383 e. The fourth-order valence-electron chi connectivity index (χ4n) is 0.850. The Labute approximate surface area is 88.6 Å². The fraction of sp³-hybridized carbons (Fsp3) is 0.750. The molecule has 1 atom stereocenters. The average Bonchev–Trinajstić information content (AvgIpc) is 2.11. The summed E-state index contributed by atoms with van der Waals surface area (Å²) in [6.07, 6.45) is -4.17. The van der Waals surface area contributed by atoms with E-state index in [0.29, 0.717) is 0 Å². The van der Waals surface area contributed by atoms with E-state index in [9.17, 15) is 27.2 Å². The van der Waals surface area contributed by atoms with Gasteiger partial charge in [-0.05, 0) is 5.92 Å². The van der Waals surface area contributed by atoms with Crippen LogP contribution < -0.4 is 5.32 Å². The van der Waals surface area contributed by atoms with Crippen molar-refractivity contribution in [1.82, 2.24) is 5.32 Å². The molecule has 0 aromatic heterocycles. The van der Waals surface area contributed by atoms with E-state index in [2.05, 4.69) is 0 Å². The molecule has 0 radical (unpaired) electrons. The summed E-state index contributed by atoms with van der Waals surface area (Å²) >= 11 is 0. The Morgan fingerprint density at radius 1 is 1.25 bits per heavy atom. The monoisotopic (exact) mass is 245 g/mol. The zero-order valence-corrected chi connectivity index (χ0v) is 8.51. The second kappa shape index (κ2) is 5.13. The molecular formula is C8H11F4NO3. The third kappa shape index (κ3) is 3.35. The van der Waals surface area contributed by atoms with Gasteiger partial charge in [-0.1, -0.05) is 13.8 Å². The van der Waals surface area contributed by atoms with Crippen LogP contribution in [0.1, 0.15) is 13.8 Å². The van der Waals surface area contributed by atoms with E-state index in [-0.39, 0.29) is 0 Å². The zero-order chi connectivity index (χ0) is 13.1. The first-order chi connectivity index (χ1) is 7.10. The van der Waals surface area contributed by atoms with E-state index in [1.165, 1.54) is 19.2 Å². The van der Waals surface area contributed by atoms with Gasteiger partial charge in [0.05, 0.1) is 0 Å². The minimum atomic E-state index is -4.89. The number of carbonyl (C=O) groups is 2. The Kier molecular flexibility index (Phi) is 4.70. The second-order valence-corrected chi connectivity index (χ2v) is 3.46. The van der Waals surface area contributed by atoms with Crippen LogP contribution in [0.25, 0.3) is 0 Å². The number of amides is 1. The van der Waals surface area contributed by atoms with Crippen LogP contribution in [0.5, 0.6) is 0 Å². The Bertz CT molecular complexity index is 280. The molecule has 4 nitrogen and oxygen atoms in total. The third-order valence-electron chi connectivity index (χ3n) is 1.80. The zero-order valence-electron chi connectivity index (χ0n) is 8.51. The highest BCUT2D eigenvalue weighted by Crippen LogP contribution is 2.23. The van der Waals surface area contributed by atoms with Crippen molar-refractivity contribution >= 4 is 11.9 Å². The normalized spacial score (nSPS) is 14.0. The summed E-state index contributed by atoms with van der Waals surface area (Å²) in [6.45, 7) is 2.69. The number of carbonyl (C=O) groups excluding carboxylic acids is 1. The standard InChI is InChI=1S/C8H11F4NO3/c1-3(2)4(5(14)15)13-7(16)8(11,12)6(9)10/h3-4,6H,1-2H3,(H,13,16)(H,14,15). The van der Waals surface area contributed by atoms with Crippen molar-refractivity contribution in [2.24, 2.45) is 5.92 Å². The van der Waals surface area contributed by atoms with E-state index in [1.54, 1.807) is 0 Å². The SMILES string of the molecule is CC(C)C(NC(=O)C(F)(F)C(F)F)C(=O)O. The van der Waals surface area contributed by atoms with Crippen LogP contribution >= 0.6 is 0 Å². The number of nitrogens with one attached hydrogen (secondary N) is 1. The van der Waals surface area contributed by atoms with Crippen LogP contribution in [0.15, 0.2) is 0 Å². The molecule has 1 unspecified atom stereocenters. The molecule has 0 aliphatic rings. The maximum absolute atomic E-state index is 12.5. The Morgan fingerprint density at radius 2 is 1.69 bits per heavy atom.